The van der Waals surface area contributed by atoms with Gasteiger partial charge in [-0.2, -0.15) is 4.31 Å². The summed E-state index contributed by atoms with van der Waals surface area (Å²) in [5, 5.41) is 3.31. The van der Waals surface area contributed by atoms with Gasteiger partial charge in [0.1, 0.15) is 4.90 Å². The monoisotopic (exact) mass is 299 g/mol. The summed E-state index contributed by atoms with van der Waals surface area (Å²) in [5.41, 5.74) is 1.00. The molecule has 1 saturated heterocycles. The van der Waals surface area contributed by atoms with Crippen molar-refractivity contribution < 1.29 is 8.42 Å². The third-order valence-electron chi connectivity index (χ3n) is 3.91. The van der Waals surface area contributed by atoms with E-state index in [4.69, 9.17) is 0 Å². The molecule has 114 valence electrons. The second-order valence-electron chi connectivity index (χ2n) is 5.56. The summed E-state index contributed by atoms with van der Waals surface area (Å²) < 4.78 is 28.8. The van der Waals surface area contributed by atoms with Gasteiger partial charge >= 0.3 is 0 Å². The molecule has 1 aliphatic heterocycles. The Morgan fingerprint density at radius 3 is 2.80 bits per heavy atom. The van der Waals surface area contributed by atoms with Crippen LogP contribution in [0.15, 0.2) is 17.2 Å². The molecule has 0 aromatic carbocycles. The zero-order valence-corrected chi connectivity index (χ0v) is 13.4. The minimum atomic E-state index is -3.34. The van der Waals surface area contributed by atoms with Gasteiger partial charge in [0.15, 0.2) is 0 Å². The highest BCUT2D eigenvalue weighted by atomic mass is 32.2. The molecule has 1 aromatic heterocycles. The topological polar surface area (TPSA) is 54.3 Å². The molecule has 0 aliphatic carbocycles. The van der Waals surface area contributed by atoms with Crippen molar-refractivity contribution in [1.29, 1.82) is 0 Å². The van der Waals surface area contributed by atoms with Crippen LogP contribution < -0.4 is 5.32 Å². The second-order valence-corrected chi connectivity index (χ2v) is 7.45. The average molecular weight is 299 g/mol. The van der Waals surface area contributed by atoms with Crippen LogP contribution in [0, 0.1) is 0 Å². The molecule has 0 amide bonds. The molecule has 20 heavy (non-hydrogen) atoms. The lowest BCUT2D eigenvalue weighted by Crippen LogP contribution is -2.33. The van der Waals surface area contributed by atoms with Crippen LogP contribution in [0.1, 0.15) is 38.8 Å². The van der Waals surface area contributed by atoms with E-state index in [2.05, 4.69) is 12.2 Å². The van der Waals surface area contributed by atoms with Gasteiger partial charge in [0.05, 0.1) is 0 Å². The minimum Gasteiger partial charge on any atom is -0.352 e. The zero-order valence-electron chi connectivity index (χ0n) is 12.6. The van der Waals surface area contributed by atoms with E-state index in [0.717, 1.165) is 31.5 Å². The fraction of sp³-hybridized carbons (Fsp3) is 0.714. The molecular weight excluding hydrogens is 274 g/mol. The largest absolute Gasteiger partial charge is 0.352 e. The minimum absolute atomic E-state index is 0.113. The molecule has 1 unspecified atom stereocenters. The van der Waals surface area contributed by atoms with E-state index in [1.165, 1.54) is 0 Å². The number of hydrogen-bond acceptors (Lipinski definition) is 3. The second kappa shape index (κ2) is 6.28. The van der Waals surface area contributed by atoms with Gasteiger partial charge in [0.2, 0.25) is 10.0 Å². The van der Waals surface area contributed by atoms with Crippen molar-refractivity contribution >= 4 is 10.0 Å². The van der Waals surface area contributed by atoms with Crippen LogP contribution in [-0.2, 0) is 23.6 Å². The van der Waals surface area contributed by atoms with Crippen LogP contribution in [0.4, 0.5) is 0 Å². The van der Waals surface area contributed by atoms with Crippen LogP contribution in [0.25, 0.3) is 0 Å². The predicted octanol–water partition coefficient (Wildman–Crippen LogP) is 1.70. The molecule has 2 heterocycles. The van der Waals surface area contributed by atoms with E-state index in [0.29, 0.717) is 18.0 Å². The molecule has 1 atom stereocenters. The molecule has 0 saturated carbocycles. The number of nitrogens with zero attached hydrogens (tertiary/aromatic N) is 2. The van der Waals surface area contributed by atoms with Gasteiger partial charge in [0.25, 0.3) is 0 Å². The maximum atomic E-state index is 12.6. The highest BCUT2D eigenvalue weighted by molar-refractivity contribution is 7.89. The van der Waals surface area contributed by atoms with E-state index < -0.39 is 10.0 Å². The first-order valence-electron chi connectivity index (χ1n) is 7.34. The number of nitrogens with one attached hydrogen (secondary N) is 1. The molecule has 6 heteroatoms. The quantitative estimate of drug-likeness (QED) is 0.813. The molecule has 1 aromatic rings. The normalized spacial score (nSPS) is 20.6. The standard InChI is InChI=1S/C14H25N3O2S/c1-4-7-15-10-13-9-14(11-16(13)3)20(18,19)17-8-5-6-12(17)2/h9,11-12,15H,4-8,10H2,1-3H3. The molecule has 1 aliphatic rings. The highest BCUT2D eigenvalue weighted by Crippen LogP contribution is 2.26. The lowest BCUT2D eigenvalue weighted by atomic mass is 10.3. The van der Waals surface area contributed by atoms with Gasteiger partial charge in [0, 0.05) is 38.1 Å². The lowest BCUT2D eigenvalue weighted by molar-refractivity contribution is 0.408. The smallest absolute Gasteiger partial charge is 0.244 e. The van der Waals surface area contributed by atoms with Crippen molar-refractivity contribution in [2.45, 2.75) is 50.6 Å². The molecular formula is C14H25N3O2S. The van der Waals surface area contributed by atoms with Gasteiger partial charge in [-0.3, -0.25) is 0 Å². The molecule has 0 bridgehead atoms. The summed E-state index contributed by atoms with van der Waals surface area (Å²) in [7, 11) is -1.44. The molecule has 1 N–H and O–H groups in total. The van der Waals surface area contributed by atoms with Crippen molar-refractivity contribution in [1.82, 2.24) is 14.2 Å². The first kappa shape index (κ1) is 15.5. The van der Waals surface area contributed by atoms with Crippen LogP contribution in [0.2, 0.25) is 0 Å². The maximum Gasteiger partial charge on any atom is 0.244 e. The van der Waals surface area contributed by atoms with E-state index in [9.17, 15) is 8.42 Å². The van der Waals surface area contributed by atoms with Gasteiger partial charge in [-0.15, -0.1) is 0 Å². The summed E-state index contributed by atoms with van der Waals surface area (Å²) in [5.74, 6) is 0. The summed E-state index contributed by atoms with van der Waals surface area (Å²) in [4.78, 5) is 0.419. The molecule has 0 radical (unpaired) electrons. The van der Waals surface area contributed by atoms with Gasteiger partial charge < -0.3 is 9.88 Å². The van der Waals surface area contributed by atoms with Gasteiger partial charge in [-0.1, -0.05) is 6.92 Å². The van der Waals surface area contributed by atoms with Gasteiger partial charge in [-0.25, -0.2) is 8.42 Å². The third kappa shape index (κ3) is 3.07. The average Bonchev–Trinajstić information content (AvgIpc) is 2.97. The summed E-state index contributed by atoms with van der Waals surface area (Å²) >= 11 is 0. The fourth-order valence-corrected chi connectivity index (χ4v) is 4.48. The molecule has 5 nitrogen and oxygen atoms in total. The number of rotatable bonds is 6. The molecule has 0 spiro atoms. The summed E-state index contributed by atoms with van der Waals surface area (Å²) in [6.07, 6.45) is 4.71. The Kier molecular flexibility index (Phi) is 4.88. The lowest BCUT2D eigenvalue weighted by Gasteiger charge is -2.19. The molecule has 1 fully saturated rings. The summed E-state index contributed by atoms with van der Waals surface area (Å²) in [6.45, 7) is 6.38. The van der Waals surface area contributed by atoms with Crippen LogP contribution in [0.5, 0.6) is 0 Å². The third-order valence-corrected chi connectivity index (χ3v) is 5.89. The van der Waals surface area contributed by atoms with Crippen molar-refractivity contribution in [2.24, 2.45) is 7.05 Å². The molecule has 2 rings (SSSR count). The Bertz CT molecular complexity index is 551. The van der Waals surface area contributed by atoms with Crippen molar-refractivity contribution in [3.8, 4) is 0 Å². The Morgan fingerprint density at radius 2 is 2.20 bits per heavy atom. The Labute approximate surface area is 122 Å². The van der Waals surface area contributed by atoms with Crippen LogP contribution in [-0.4, -0.2) is 36.4 Å². The fourth-order valence-electron chi connectivity index (χ4n) is 2.69. The Morgan fingerprint density at radius 1 is 1.45 bits per heavy atom. The highest BCUT2D eigenvalue weighted by Gasteiger charge is 2.33. The Balaban J connectivity index is 2.18. The van der Waals surface area contributed by atoms with Crippen LogP contribution >= 0.6 is 0 Å². The maximum absolute atomic E-state index is 12.6. The SMILES string of the molecule is CCCNCc1cc(S(=O)(=O)N2CCCC2C)cn1C. The van der Waals surface area contributed by atoms with Gasteiger partial charge in [-0.05, 0) is 38.8 Å². The van der Waals surface area contributed by atoms with E-state index >= 15 is 0 Å². The zero-order chi connectivity index (χ0) is 14.8. The van der Waals surface area contributed by atoms with Crippen LogP contribution in [0.3, 0.4) is 0 Å². The predicted molar refractivity (Wildman–Crippen MR) is 80.0 cm³/mol. The summed E-state index contributed by atoms with van der Waals surface area (Å²) in [6, 6.07) is 1.91. The first-order valence-corrected chi connectivity index (χ1v) is 8.78. The van der Waals surface area contributed by atoms with E-state index in [1.54, 1.807) is 16.6 Å². The van der Waals surface area contributed by atoms with Crippen molar-refractivity contribution in [3.63, 3.8) is 0 Å². The number of sulfonamides is 1. The van der Waals surface area contributed by atoms with E-state index in [-0.39, 0.29) is 6.04 Å². The number of aromatic nitrogens is 1. The number of hydrogen-bond donors (Lipinski definition) is 1. The first-order chi connectivity index (χ1) is 9.46. The van der Waals surface area contributed by atoms with Crippen molar-refractivity contribution in [2.75, 3.05) is 13.1 Å². The Hall–Kier alpha value is -0.850. The van der Waals surface area contributed by atoms with E-state index in [1.807, 2.05) is 18.5 Å². The van der Waals surface area contributed by atoms with Crippen molar-refractivity contribution in [3.05, 3.63) is 18.0 Å². The number of aryl methyl sites for hydroxylation is 1.